The Morgan fingerprint density at radius 2 is 1.92 bits per heavy atom. The van der Waals surface area contributed by atoms with Crippen LogP contribution in [0.4, 0.5) is 0 Å². The number of methoxy groups -OCH3 is 1. The van der Waals surface area contributed by atoms with E-state index in [2.05, 4.69) is 15.9 Å². The molecule has 2 aromatic rings. The molecule has 0 amide bonds. The Morgan fingerprint density at radius 3 is 2.46 bits per heavy atom. The summed E-state index contributed by atoms with van der Waals surface area (Å²) in [7, 11) is -2.41. The lowest BCUT2D eigenvalue weighted by Gasteiger charge is -2.12. The molecule has 0 N–H and O–H groups in total. The summed E-state index contributed by atoms with van der Waals surface area (Å²) < 4.78 is 36.9. The average Bonchev–Trinajstić information content (AvgIpc) is 2.61. The minimum absolute atomic E-state index is 0.0767. The van der Waals surface area contributed by atoms with Gasteiger partial charge in [-0.2, -0.15) is 5.26 Å². The third-order valence-electron chi connectivity index (χ3n) is 3.57. The summed E-state index contributed by atoms with van der Waals surface area (Å²) in [5.41, 5.74) is 1.44. The molecular formula is C19H18BrNO4S. The lowest BCUT2D eigenvalue weighted by molar-refractivity contribution is 0.309. The Kier molecular flexibility index (Phi) is 6.46. The van der Waals surface area contributed by atoms with Crippen LogP contribution in [0.3, 0.4) is 0 Å². The van der Waals surface area contributed by atoms with E-state index in [-0.39, 0.29) is 9.80 Å². The number of hydrogen-bond donors (Lipinski definition) is 0. The number of hydrogen-bond acceptors (Lipinski definition) is 5. The zero-order valence-corrected chi connectivity index (χ0v) is 17.0. The highest BCUT2D eigenvalue weighted by Crippen LogP contribution is 2.37. The summed E-state index contributed by atoms with van der Waals surface area (Å²) in [6.07, 6.45) is 1.32. The molecule has 0 aromatic heterocycles. The van der Waals surface area contributed by atoms with Crippen molar-refractivity contribution in [1.29, 1.82) is 5.26 Å². The van der Waals surface area contributed by atoms with E-state index < -0.39 is 9.84 Å². The van der Waals surface area contributed by atoms with Crippen LogP contribution in [0.2, 0.25) is 0 Å². The molecule has 0 atom stereocenters. The summed E-state index contributed by atoms with van der Waals surface area (Å²) in [5, 5.41) is 9.41. The zero-order valence-electron chi connectivity index (χ0n) is 14.6. The summed E-state index contributed by atoms with van der Waals surface area (Å²) in [5.74, 6) is 0.963. The van der Waals surface area contributed by atoms with Gasteiger partial charge in [0.25, 0.3) is 0 Å². The number of rotatable bonds is 6. The second kappa shape index (κ2) is 8.39. The number of nitrogens with zero attached hydrogens (tertiary/aromatic N) is 1. The predicted molar refractivity (Wildman–Crippen MR) is 104 cm³/mol. The minimum Gasteiger partial charge on any atom is -0.493 e. The van der Waals surface area contributed by atoms with E-state index in [0.29, 0.717) is 28.1 Å². The van der Waals surface area contributed by atoms with Gasteiger partial charge in [0, 0.05) is 0 Å². The number of halogens is 1. The number of aryl methyl sites for hydroxylation is 1. The second-order valence-electron chi connectivity index (χ2n) is 5.40. The summed E-state index contributed by atoms with van der Waals surface area (Å²) in [4.78, 5) is -0.271. The molecule has 7 heteroatoms. The highest BCUT2D eigenvalue weighted by Gasteiger charge is 2.21. The Morgan fingerprint density at radius 1 is 1.27 bits per heavy atom. The van der Waals surface area contributed by atoms with E-state index in [1.807, 2.05) is 13.8 Å². The van der Waals surface area contributed by atoms with Gasteiger partial charge in [-0.15, -0.1) is 0 Å². The molecule has 0 saturated carbocycles. The van der Waals surface area contributed by atoms with Crippen LogP contribution >= 0.6 is 15.9 Å². The molecule has 0 spiro atoms. The molecule has 2 rings (SSSR count). The Balaban J connectivity index is 2.54. The topological polar surface area (TPSA) is 76.4 Å². The molecular weight excluding hydrogens is 418 g/mol. The standard InChI is InChI=1S/C19H18BrNO4S/c1-4-25-19-17(20)10-14(11-18(19)24-3)9-16(12-21)26(22,23)15-7-5-13(2)6-8-15/h5-11H,4H2,1-3H3/b16-9+. The minimum atomic E-state index is -3.91. The first-order valence-electron chi connectivity index (χ1n) is 7.77. The number of nitriles is 1. The van der Waals surface area contributed by atoms with E-state index in [1.54, 1.807) is 30.3 Å². The first-order valence-corrected chi connectivity index (χ1v) is 10.0. The van der Waals surface area contributed by atoms with E-state index in [0.717, 1.165) is 5.56 Å². The zero-order chi connectivity index (χ0) is 19.3. The summed E-state index contributed by atoms with van der Waals surface area (Å²) >= 11 is 3.39. The van der Waals surface area contributed by atoms with Gasteiger partial charge in [0.2, 0.25) is 9.84 Å². The first-order chi connectivity index (χ1) is 12.3. The van der Waals surface area contributed by atoms with Crippen LogP contribution in [0.1, 0.15) is 18.1 Å². The average molecular weight is 436 g/mol. The van der Waals surface area contributed by atoms with Crippen LogP contribution < -0.4 is 9.47 Å². The lowest BCUT2D eigenvalue weighted by Crippen LogP contribution is -2.03. The van der Waals surface area contributed by atoms with Gasteiger partial charge in [0.15, 0.2) is 11.5 Å². The van der Waals surface area contributed by atoms with Crippen molar-refractivity contribution in [2.45, 2.75) is 18.7 Å². The van der Waals surface area contributed by atoms with Crippen molar-refractivity contribution in [3.63, 3.8) is 0 Å². The molecule has 136 valence electrons. The molecule has 0 saturated heterocycles. The maximum atomic E-state index is 12.7. The van der Waals surface area contributed by atoms with E-state index in [1.165, 1.54) is 25.3 Å². The SMILES string of the molecule is CCOc1c(Br)cc(/C=C(\C#N)S(=O)(=O)c2ccc(C)cc2)cc1OC. The number of allylic oxidation sites excluding steroid dienone is 1. The molecule has 5 nitrogen and oxygen atoms in total. The molecule has 0 unspecified atom stereocenters. The second-order valence-corrected chi connectivity index (χ2v) is 8.18. The van der Waals surface area contributed by atoms with Crippen molar-refractivity contribution in [2.24, 2.45) is 0 Å². The fourth-order valence-corrected chi connectivity index (χ4v) is 4.01. The largest absolute Gasteiger partial charge is 0.493 e. The van der Waals surface area contributed by atoms with Gasteiger partial charge in [-0.1, -0.05) is 17.7 Å². The van der Waals surface area contributed by atoms with Gasteiger partial charge in [0.1, 0.15) is 11.0 Å². The fourth-order valence-electron chi connectivity index (χ4n) is 2.27. The highest BCUT2D eigenvalue weighted by atomic mass is 79.9. The molecule has 0 fully saturated rings. The maximum absolute atomic E-state index is 12.7. The third kappa shape index (κ3) is 4.26. The van der Waals surface area contributed by atoms with Crippen molar-refractivity contribution in [2.75, 3.05) is 13.7 Å². The molecule has 0 bridgehead atoms. The van der Waals surface area contributed by atoms with Crippen LogP contribution in [-0.2, 0) is 9.84 Å². The van der Waals surface area contributed by atoms with Crippen molar-refractivity contribution in [3.05, 3.63) is 56.9 Å². The van der Waals surface area contributed by atoms with E-state index in [9.17, 15) is 13.7 Å². The van der Waals surface area contributed by atoms with Crippen LogP contribution in [0.25, 0.3) is 6.08 Å². The van der Waals surface area contributed by atoms with Gasteiger partial charge in [-0.05, 0) is 65.7 Å². The number of sulfone groups is 1. The fraction of sp³-hybridized carbons (Fsp3) is 0.211. The van der Waals surface area contributed by atoms with E-state index >= 15 is 0 Å². The van der Waals surface area contributed by atoms with Crippen LogP contribution in [0.15, 0.2) is 50.7 Å². The molecule has 0 aliphatic carbocycles. The highest BCUT2D eigenvalue weighted by molar-refractivity contribution is 9.10. The van der Waals surface area contributed by atoms with Gasteiger partial charge < -0.3 is 9.47 Å². The molecule has 2 aromatic carbocycles. The van der Waals surface area contributed by atoms with Crippen molar-refractivity contribution >= 4 is 31.8 Å². The molecule has 0 aliphatic heterocycles. The monoisotopic (exact) mass is 435 g/mol. The Bertz CT molecular complexity index is 974. The Labute approximate surface area is 161 Å². The number of benzene rings is 2. The smallest absolute Gasteiger partial charge is 0.216 e. The number of ether oxygens (including phenoxy) is 2. The van der Waals surface area contributed by atoms with Gasteiger partial charge in [-0.25, -0.2) is 8.42 Å². The van der Waals surface area contributed by atoms with Crippen LogP contribution in [0, 0.1) is 18.3 Å². The molecule has 0 radical (unpaired) electrons. The van der Waals surface area contributed by atoms with Crippen molar-refractivity contribution in [3.8, 4) is 17.6 Å². The molecule has 0 aliphatic rings. The van der Waals surface area contributed by atoms with Gasteiger partial charge >= 0.3 is 0 Å². The predicted octanol–water partition coefficient (Wildman–Crippen LogP) is 4.50. The summed E-state index contributed by atoms with van der Waals surface area (Å²) in [6, 6.07) is 11.5. The van der Waals surface area contributed by atoms with Gasteiger partial charge in [-0.3, -0.25) is 0 Å². The van der Waals surface area contributed by atoms with Crippen LogP contribution in [0.5, 0.6) is 11.5 Å². The normalized spacial score (nSPS) is 11.7. The van der Waals surface area contributed by atoms with Crippen molar-refractivity contribution in [1.82, 2.24) is 0 Å². The molecule has 26 heavy (non-hydrogen) atoms. The first kappa shape index (κ1) is 20.0. The van der Waals surface area contributed by atoms with E-state index in [4.69, 9.17) is 9.47 Å². The quantitative estimate of drug-likeness (QED) is 0.623. The van der Waals surface area contributed by atoms with Crippen LogP contribution in [-0.4, -0.2) is 22.1 Å². The Hall–Kier alpha value is -2.30. The molecule has 0 heterocycles. The maximum Gasteiger partial charge on any atom is 0.216 e. The van der Waals surface area contributed by atoms with Crippen molar-refractivity contribution < 1.29 is 17.9 Å². The van der Waals surface area contributed by atoms with Gasteiger partial charge in [0.05, 0.1) is 23.1 Å². The lowest BCUT2D eigenvalue weighted by atomic mass is 10.2. The third-order valence-corrected chi connectivity index (χ3v) is 5.84. The summed E-state index contributed by atoms with van der Waals surface area (Å²) in [6.45, 7) is 4.16.